The van der Waals surface area contributed by atoms with E-state index in [9.17, 15) is 13.2 Å². The van der Waals surface area contributed by atoms with Crippen LogP contribution in [-0.4, -0.2) is 24.5 Å². The van der Waals surface area contributed by atoms with Crippen molar-refractivity contribution in [3.63, 3.8) is 0 Å². The molecule has 0 aliphatic carbocycles. The van der Waals surface area contributed by atoms with E-state index in [4.69, 9.17) is 0 Å². The third-order valence-electron chi connectivity index (χ3n) is 4.36. The van der Waals surface area contributed by atoms with E-state index in [0.717, 1.165) is 28.9 Å². The SMILES string of the molecule is CCc1ccc(C(C)NS(=O)(=O)c2nnc(NC(=O)c3cccc(C)c3)s2)cc1. The number of nitrogens with one attached hydrogen (secondary N) is 2. The van der Waals surface area contributed by atoms with E-state index in [-0.39, 0.29) is 15.4 Å². The first kappa shape index (κ1) is 21.1. The summed E-state index contributed by atoms with van der Waals surface area (Å²) >= 11 is 0.806. The molecular weight excluding hydrogens is 408 g/mol. The molecule has 2 aromatic carbocycles. The molecule has 0 fully saturated rings. The van der Waals surface area contributed by atoms with Gasteiger partial charge in [0.25, 0.3) is 15.9 Å². The lowest BCUT2D eigenvalue weighted by atomic mass is 10.1. The minimum absolute atomic E-state index is 0.122. The Morgan fingerprint density at radius 2 is 1.86 bits per heavy atom. The van der Waals surface area contributed by atoms with E-state index < -0.39 is 16.1 Å². The molecule has 2 N–H and O–H groups in total. The molecule has 0 saturated heterocycles. The van der Waals surface area contributed by atoms with Gasteiger partial charge in [0, 0.05) is 11.6 Å². The molecule has 1 atom stereocenters. The summed E-state index contributed by atoms with van der Waals surface area (Å²) in [5.41, 5.74) is 3.44. The maximum absolute atomic E-state index is 12.6. The predicted octanol–water partition coefficient (Wildman–Crippen LogP) is 3.70. The van der Waals surface area contributed by atoms with Crippen LogP contribution in [0.5, 0.6) is 0 Å². The fraction of sp³-hybridized carbons (Fsp3) is 0.250. The summed E-state index contributed by atoms with van der Waals surface area (Å²) in [6.07, 6.45) is 0.919. The number of carbonyl (C=O) groups excluding carboxylic acids is 1. The smallest absolute Gasteiger partial charge is 0.270 e. The average Bonchev–Trinajstić information content (AvgIpc) is 3.17. The molecule has 0 aliphatic rings. The second-order valence-corrected chi connectivity index (χ2v) is 9.50. The van der Waals surface area contributed by atoms with Gasteiger partial charge in [-0.05, 0) is 43.5 Å². The number of carbonyl (C=O) groups is 1. The summed E-state index contributed by atoms with van der Waals surface area (Å²) in [7, 11) is -3.87. The number of aromatic nitrogens is 2. The number of sulfonamides is 1. The Bertz CT molecular complexity index is 1110. The molecule has 0 radical (unpaired) electrons. The van der Waals surface area contributed by atoms with E-state index in [1.807, 2.05) is 37.3 Å². The molecule has 152 valence electrons. The first-order valence-electron chi connectivity index (χ1n) is 9.11. The van der Waals surface area contributed by atoms with Crippen molar-refractivity contribution in [2.75, 3.05) is 5.32 Å². The molecule has 9 heteroatoms. The predicted molar refractivity (Wildman–Crippen MR) is 114 cm³/mol. The van der Waals surface area contributed by atoms with Gasteiger partial charge < -0.3 is 0 Å². The zero-order chi connectivity index (χ0) is 21.0. The van der Waals surface area contributed by atoms with Crippen LogP contribution in [0, 0.1) is 6.92 Å². The maximum Gasteiger partial charge on any atom is 0.270 e. The van der Waals surface area contributed by atoms with Crippen molar-refractivity contribution in [2.24, 2.45) is 0 Å². The lowest BCUT2D eigenvalue weighted by Crippen LogP contribution is -2.26. The molecule has 3 rings (SSSR count). The topological polar surface area (TPSA) is 101 Å². The van der Waals surface area contributed by atoms with Crippen molar-refractivity contribution in [2.45, 2.75) is 37.6 Å². The molecule has 1 amide bonds. The van der Waals surface area contributed by atoms with E-state index in [2.05, 4.69) is 27.2 Å². The van der Waals surface area contributed by atoms with Gasteiger partial charge in [-0.25, -0.2) is 13.1 Å². The van der Waals surface area contributed by atoms with Crippen LogP contribution in [0.25, 0.3) is 0 Å². The maximum atomic E-state index is 12.6. The highest BCUT2D eigenvalue weighted by molar-refractivity contribution is 7.91. The zero-order valence-corrected chi connectivity index (χ0v) is 18.0. The molecule has 29 heavy (non-hydrogen) atoms. The van der Waals surface area contributed by atoms with E-state index in [0.29, 0.717) is 5.56 Å². The fourth-order valence-corrected chi connectivity index (χ4v) is 4.86. The summed E-state index contributed by atoms with van der Waals surface area (Å²) < 4.78 is 27.7. The van der Waals surface area contributed by atoms with Gasteiger partial charge in [0.2, 0.25) is 9.47 Å². The summed E-state index contributed by atoms with van der Waals surface area (Å²) in [4.78, 5) is 12.3. The first-order valence-corrected chi connectivity index (χ1v) is 11.4. The van der Waals surface area contributed by atoms with Crippen LogP contribution in [0.4, 0.5) is 5.13 Å². The summed E-state index contributed by atoms with van der Waals surface area (Å²) in [5, 5.41) is 10.2. The summed E-state index contributed by atoms with van der Waals surface area (Å²) in [6.45, 7) is 5.71. The van der Waals surface area contributed by atoms with Gasteiger partial charge in [-0.15, -0.1) is 10.2 Å². The number of anilines is 1. The Kier molecular flexibility index (Phi) is 6.41. The van der Waals surface area contributed by atoms with Crippen LogP contribution in [0.15, 0.2) is 52.9 Å². The van der Waals surface area contributed by atoms with Crippen molar-refractivity contribution in [1.29, 1.82) is 0 Å². The van der Waals surface area contributed by atoms with Crippen molar-refractivity contribution in [3.05, 3.63) is 70.8 Å². The standard InChI is InChI=1S/C20H22N4O3S2/c1-4-15-8-10-16(11-9-15)14(3)24-29(26,27)20-23-22-19(28-20)21-18(25)17-7-5-6-13(2)12-17/h5-12,14,24H,4H2,1-3H3,(H,21,22,25). The van der Waals surface area contributed by atoms with E-state index in [1.54, 1.807) is 25.1 Å². The second-order valence-electron chi connectivity index (χ2n) is 6.63. The van der Waals surface area contributed by atoms with Gasteiger partial charge in [0.15, 0.2) is 0 Å². The number of amides is 1. The number of hydrogen-bond donors (Lipinski definition) is 2. The number of rotatable bonds is 7. The molecule has 0 saturated carbocycles. The average molecular weight is 431 g/mol. The molecule has 0 bridgehead atoms. The Morgan fingerprint density at radius 3 is 2.52 bits per heavy atom. The van der Waals surface area contributed by atoms with Gasteiger partial charge >= 0.3 is 0 Å². The van der Waals surface area contributed by atoms with Crippen molar-refractivity contribution >= 4 is 32.4 Å². The van der Waals surface area contributed by atoms with Crippen molar-refractivity contribution in [1.82, 2.24) is 14.9 Å². The monoisotopic (exact) mass is 430 g/mol. The largest absolute Gasteiger partial charge is 0.296 e. The highest BCUT2D eigenvalue weighted by Gasteiger charge is 2.24. The number of aryl methyl sites for hydroxylation is 2. The highest BCUT2D eigenvalue weighted by Crippen LogP contribution is 2.23. The van der Waals surface area contributed by atoms with Crippen LogP contribution in [0.3, 0.4) is 0 Å². The first-order chi connectivity index (χ1) is 13.8. The van der Waals surface area contributed by atoms with Crippen LogP contribution >= 0.6 is 11.3 Å². The lowest BCUT2D eigenvalue weighted by Gasteiger charge is -2.13. The highest BCUT2D eigenvalue weighted by atomic mass is 32.2. The zero-order valence-electron chi connectivity index (χ0n) is 16.3. The molecule has 7 nitrogen and oxygen atoms in total. The lowest BCUT2D eigenvalue weighted by molar-refractivity contribution is 0.102. The third kappa shape index (κ3) is 5.26. The molecule has 1 unspecified atom stereocenters. The third-order valence-corrected chi connectivity index (χ3v) is 7.10. The van der Waals surface area contributed by atoms with E-state index in [1.165, 1.54) is 5.56 Å². The Morgan fingerprint density at radius 1 is 1.14 bits per heavy atom. The quantitative estimate of drug-likeness (QED) is 0.557. The van der Waals surface area contributed by atoms with Gasteiger partial charge in [-0.2, -0.15) is 0 Å². The molecule has 0 aliphatic heterocycles. The van der Waals surface area contributed by atoms with Gasteiger partial charge in [-0.3, -0.25) is 10.1 Å². The minimum Gasteiger partial charge on any atom is -0.296 e. The summed E-state index contributed by atoms with van der Waals surface area (Å²) in [5.74, 6) is -0.369. The van der Waals surface area contributed by atoms with Crippen LogP contribution in [-0.2, 0) is 16.4 Å². The Balaban J connectivity index is 1.70. The minimum atomic E-state index is -3.87. The van der Waals surface area contributed by atoms with Gasteiger partial charge in [-0.1, -0.05) is 60.2 Å². The number of hydrogen-bond acceptors (Lipinski definition) is 6. The number of benzene rings is 2. The molecule has 3 aromatic rings. The Hall–Kier alpha value is -2.62. The van der Waals surface area contributed by atoms with Crippen molar-refractivity contribution < 1.29 is 13.2 Å². The molecule has 1 aromatic heterocycles. The number of nitrogens with zero attached hydrogens (tertiary/aromatic N) is 2. The van der Waals surface area contributed by atoms with Gasteiger partial charge in [0.1, 0.15) is 0 Å². The summed E-state index contributed by atoms with van der Waals surface area (Å²) in [6, 6.07) is 14.4. The molecule has 0 spiro atoms. The second kappa shape index (κ2) is 8.81. The fourth-order valence-electron chi connectivity index (χ4n) is 2.72. The van der Waals surface area contributed by atoms with Crippen LogP contribution in [0.2, 0.25) is 0 Å². The molecular formula is C20H22N4O3S2. The molecule has 1 heterocycles. The van der Waals surface area contributed by atoms with Crippen LogP contribution < -0.4 is 10.0 Å². The van der Waals surface area contributed by atoms with E-state index >= 15 is 0 Å². The van der Waals surface area contributed by atoms with Crippen LogP contribution in [0.1, 0.15) is 46.9 Å². The van der Waals surface area contributed by atoms with Gasteiger partial charge in [0.05, 0.1) is 0 Å². The van der Waals surface area contributed by atoms with Crippen molar-refractivity contribution in [3.8, 4) is 0 Å². The Labute approximate surface area is 174 Å². The normalized spacial score (nSPS) is 12.5.